The molecule has 0 radical (unpaired) electrons. The van der Waals surface area contributed by atoms with E-state index in [-0.39, 0.29) is 10.8 Å². The summed E-state index contributed by atoms with van der Waals surface area (Å²) in [6.45, 7) is 2.25. The van der Waals surface area contributed by atoms with E-state index in [1.165, 1.54) is 25.7 Å². The van der Waals surface area contributed by atoms with Crippen molar-refractivity contribution in [2.45, 2.75) is 51.5 Å². The molecule has 3 heteroatoms. The maximum atomic E-state index is 14.1. The van der Waals surface area contributed by atoms with Gasteiger partial charge in [0.05, 0.1) is 5.02 Å². The summed E-state index contributed by atoms with van der Waals surface area (Å²) in [6.07, 6.45) is 6.96. The van der Waals surface area contributed by atoms with E-state index in [9.17, 15) is 4.39 Å². The Kier molecular flexibility index (Phi) is 4.86. The Bertz CT molecular complexity index is 427. The van der Waals surface area contributed by atoms with Crippen LogP contribution < -0.4 is 5.32 Å². The van der Waals surface area contributed by atoms with Gasteiger partial charge in [-0.05, 0) is 49.8 Å². The molecular weight excluding hydrogens is 261 g/mol. The van der Waals surface area contributed by atoms with Gasteiger partial charge in [0.25, 0.3) is 0 Å². The largest absolute Gasteiger partial charge is 0.316 e. The minimum absolute atomic E-state index is 0.226. The Hall–Kier alpha value is -0.600. The van der Waals surface area contributed by atoms with Crippen LogP contribution in [0.2, 0.25) is 5.02 Å². The summed E-state index contributed by atoms with van der Waals surface area (Å²) >= 11 is 5.87. The molecular formula is C16H23ClFN. The van der Waals surface area contributed by atoms with E-state index in [4.69, 9.17) is 11.6 Å². The zero-order valence-electron chi connectivity index (χ0n) is 11.8. The fourth-order valence-corrected chi connectivity index (χ4v) is 3.77. The minimum atomic E-state index is -0.256. The van der Waals surface area contributed by atoms with Crippen LogP contribution in [0.4, 0.5) is 4.39 Å². The maximum absolute atomic E-state index is 14.1. The fraction of sp³-hybridized carbons (Fsp3) is 0.625. The lowest BCUT2D eigenvalue weighted by molar-refractivity contribution is 0.191. The summed E-state index contributed by atoms with van der Waals surface area (Å²) in [5, 5.41) is 3.65. The van der Waals surface area contributed by atoms with Gasteiger partial charge in [-0.2, -0.15) is 0 Å². The molecule has 0 aliphatic heterocycles. The molecule has 1 atom stereocenters. The lowest BCUT2D eigenvalue weighted by Gasteiger charge is -2.37. The predicted octanol–water partition coefficient (Wildman–Crippen LogP) is 4.58. The number of rotatable bonds is 5. The molecule has 1 aromatic rings. The summed E-state index contributed by atoms with van der Waals surface area (Å²) in [5.74, 6) is -0.256. The van der Waals surface area contributed by atoms with E-state index in [1.807, 2.05) is 19.2 Å². The van der Waals surface area contributed by atoms with E-state index in [2.05, 4.69) is 12.2 Å². The fourth-order valence-electron chi connectivity index (χ4n) is 3.58. The third-order valence-electron chi connectivity index (χ3n) is 4.85. The van der Waals surface area contributed by atoms with Crippen LogP contribution in [-0.4, -0.2) is 13.1 Å². The molecule has 2 rings (SSSR count). The van der Waals surface area contributed by atoms with Crippen molar-refractivity contribution < 1.29 is 4.39 Å². The molecule has 0 amide bonds. The minimum Gasteiger partial charge on any atom is -0.316 e. The molecule has 1 saturated carbocycles. The van der Waals surface area contributed by atoms with E-state index >= 15 is 0 Å². The summed E-state index contributed by atoms with van der Waals surface area (Å²) in [5.41, 5.74) is 1.05. The monoisotopic (exact) mass is 283 g/mol. The Balaban J connectivity index is 2.21. The molecule has 1 aliphatic carbocycles. The van der Waals surface area contributed by atoms with Crippen LogP contribution in [0.1, 0.15) is 44.6 Å². The molecule has 106 valence electrons. The Morgan fingerprint density at radius 1 is 1.37 bits per heavy atom. The highest BCUT2D eigenvalue weighted by Crippen LogP contribution is 2.44. The van der Waals surface area contributed by atoms with Crippen molar-refractivity contribution in [2.24, 2.45) is 5.41 Å². The third kappa shape index (κ3) is 2.95. The number of halogens is 2. The number of hydrogen-bond acceptors (Lipinski definition) is 1. The van der Waals surface area contributed by atoms with Crippen LogP contribution in [0.5, 0.6) is 0 Å². The standard InChI is InChI=1S/C16H23ClFN/c1-3-16(9-4-5-10-16)14(19-2)11-12-7-6-8-13(17)15(12)18/h6-8,14,19H,3-5,9-11H2,1-2H3. The average Bonchev–Trinajstić information content (AvgIpc) is 2.90. The first-order valence-electron chi connectivity index (χ1n) is 7.23. The second-order valence-electron chi connectivity index (χ2n) is 5.68. The highest BCUT2D eigenvalue weighted by Gasteiger charge is 2.39. The second kappa shape index (κ2) is 6.23. The van der Waals surface area contributed by atoms with Crippen molar-refractivity contribution in [1.29, 1.82) is 0 Å². The average molecular weight is 284 g/mol. The predicted molar refractivity (Wildman–Crippen MR) is 79.2 cm³/mol. The van der Waals surface area contributed by atoms with Crippen LogP contribution >= 0.6 is 11.6 Å². The zero-order chi connectivity index (χ0) is 13.9. The van der Waals surface area contributed by atoms with Crippen LogP contribution in [-0.2, 0) is 6.42 Å². The van der Waals surface area contributed by atoms with E-state index in [1.54, 1.807) is 6.07 Å². The third-order valence-corrected chi connectivity index (χ3v) is 5.14. The van der Waals surface area contributed by atoms with Crippen molar-refractivity contribution in [3.8, 4) is 0 Å². The number of hydrogen-bond donors (Lipinski definition) is 1. The van der Waals surface area contributed by atoms with Crippen LogP contribution in [0, 0.1) is 11.2 Å². The van der Waals surface area contributed by atoms with Crippen molar-refractivity contribution in [1.82, 2.24) is 5.32 Å². The Labute approximate surface area is 120 Å². The quantitative estimate of drug-likeness (QED) is 0.834. The van der Waals surface area contributed by atoms with Gasteiger partial charge in [0.15, 0.2) is 0 Å². The van der Waals surface area contributed by atoms with Gasteiger partial charge in [0.2, 0.25) is 0 Å². The van der Waals surface area contributed by atoms with Gasteiger partial charge in [-0.15, -0.1) is 0 Å². The highest BCUT2D eigenvalue weighted by molar-refractivity contribution is 6.30. The first-order valence-corrected chi connectivity index (χ1v) is 7.61. The van der Waals surface area contributed by atoms with Gasteiger partial charge in [-0.3, -0.25) is 0 Å². The van der Waals surface area contributed by atoms with Gasteiger partial charge in [0, 0.05) is 6.04 Å². The SMILES string of the molecule is CCC1(C(Cc2cccc(Cl)c2F)NC)CCCC1. The first-order chi connectivity index (χ1) is 9.13. The number of likely N-dealkylation sites (N-methyl/N-ethyl adjacent to an activating group) is 1. The molecule has 1 aromatic carbocycles. The molecule has 1 nitrogen and oxygen atoms in total. The molecule has 1 N–H and O–H groups in total. The number of benzene rings is 1. The van der Waals surface area contributed by atoms with Gasteiger partial charge in [-0.1, -0.05) is 43.5 Å². The zero-order valence-corrected chi connectivity index (χ0v) is 12.6. The van der Waals surface area contributed by atoms with Crippen molar-refractivity contribution in [3.05, 3.63) is 34.6 Å². The van der Waals surface area contributed by atoms with E-state index in [0.717, 1.165) is 18.4 Å². The lowest BCUT2D eigenvalue weighted by atomic mass is 9.74. The Morgan fingerprint density at radius 2 is 2.05 bits per heavy atom. The summed E-state index contributed by atoms with van der Waals surface area (Å²) in [6, 6.07) is 5.62. The van der Waals surface area contributed by atoms with Gasteiger partial charge < -0.3 is 5.32 Å². The first kappa shape index (κ1) is 14.8. The molecule has 19 heavy (non-hydrogen) atoms. The van der Waals surface area contributed by atoms with E-state index in [0.29, 0.717) is 11.5 Å². The second-order valence-corrected chi connectivity index (χ2v) is 6.09. The maximum Gasteiger partial charge on any atom is 0.145 e. The smallest absolute Gasteiger partial charge is 0.145 e. The number of nitrogens with one attached hydrogen (secondary N) is 1. The summed E-state index contributed by atoms with van der Waals surface area (Å²) in [4.78, 5) is 0. The van der Waals surface area contributed by atoms with Crippen LogP contribution in [0.15, 0.2) is 18.2 Å². The van der Waals surface area contributed by atoms with Crippen molar-refractivity contribution in [3.63, 3.8) is 0 Å². The molecule has 1 aliphatic rings. The van der Waals surface area contributed by atoms with Gasteiger partial charge in [-0.25, -0.2) is 4.39 Å². The van der Waals surface area contributed by atoms with Gasteiger partial charge >= 0.3 is 0 Å². The normalized spacial score (nSPS) is 19.6. The molecule has 1 unspecified atom stereocenters. The van der Waals surface area contributed by atoms with Gasteiger partial charge in [0.1, 0.15) is 5.82 Å². The molecule has 0 bridgehead atoms. The topological polar surface area (TPSA) is 12.0 Å². The summed E-state index contributed by atoms with van der Waals surface area (Å²) < 4.78 is 14.1. The summed E-state index contributed by atoms with van der Waals surface area (Å²) in [7, 11) is 1.99. The molecule has 0 aromatic heterocycles. The molecule has 0 spiro atoms. The van der Waals surface area contributed by atoms with Crippen LogP contribution in [0.25, 0.3) is 0 Å². The van der Waals surface area contributed by atoms with E-state index < -0.39 is 0 Å². The lowest BCUT2D eigenvalue weighted by Crippen LogP contribution is -2.43. The van der Waals surface area contributed by atoms with Crippen LogP contribution in [0.3, 0.4) is 0 Å². The van der Waals surface area contributed by atoms with Crippen molar-refractivity contribution >= 4 is 11.6 Å². The molecule has 0 heterocycles. The highest BCUT2D eigenvalue weighted by atomic mass is 35.5. The Morgan fingerprint density at radius 3 is 2.63 bits per heavy atom. The van der Waals surface area contributed by atoms with Crippen molar-refractivity contribution in [2.75, 3.05) is 7.05 Å². The molecule has 1 fully saturated rings. The molecule has 0 saturated heterocycles.